The molecule has 0 bridgehead atoms. The fourth-order valence-corrected chi connectivity index (χ4v) is 4.21. The molecular weight excluding hydrogens is 520 g/mol. The van der Waals surface area contributed by atoms with Crippen LogP contribution in [0.15, 0.2) is 66.2 Å². The third kappa shape index (κ3) is 6.41. The molecule has 3 aromatic carbocycles. The average molecular weight is 549 g/mol. The van der Waals surface area contributed by atoms with Gasteiger partial charge in [0.05, 0.1) is 12.8 Å². The molecule has 1 N–H and O–H groups in total. The zero-order chi connectivity index (χ0) is 28.1. The quantitative estimate of drug-likeness (QED) is 0.203. The minimum absolute atomic E-state index is 0.201. The number of hydrogen-bond donors (Lipinski definition) is 1. The van der Waals surface area contributed by atoms with Gasteiger partial charge in [-0.3, -0.25) is 14.9 Å². The molecule has 0 spiro atoms. The van der Waals surface area contributed by atoms with Crippen molar-refractivity contribution in [1.82, 2.24) is 5.32 Å². The summed E-state index contributed by atoms with van der Waals surface area (Å²) in [6.45, 7) is 6.87. The smallest absolute Gasteiger partial charge is 0.335 e. The summed E-state index contributed by atoms with van der Waals surface area (Å²) in [4.78, 5) is 38.9. The highest BCUT2D eigenvalue weighted by Gasteiger charge is 2.36. The molecule has 39 heavy (non-hydrogen) atoms. The Morgan fingerprint density at radius 1 is 0.897 bits per heavy atom. The molecule has 0 radical (unpaired) electrons. The van der Waals surface area contributed by atoms with E-state index in [-0.39, 0.29) is 17.9 Å². The second-order valence-electron chi connectivity index (χ2n) is 9.24. The number of amides is 4. The van der Waals surface area contributed by atoms with Crippen molar-refractivity contribution in [2.75, 3.05) is 25.2 Å². The maximum Gasteiger partial charge on any atom is 0.335 e. The Bertz CT molecular complexity index is 1430. The lowest BCUT2D eigenvalue weighted by atomic mass is 10.0. The van der Waals surface area contributed by atoms with Crippen LogP contribution in [-0.4, -0.2) is 38.2 Å². The third-order valence-electron chi connectivity index (χ3n) is 6.07. The third-order valence-corrected chi connectivity index (χ3v) is 6.33. The summed E-state index contributed by atoms with van der Waals surface area (Å²) in [5.74, 6) is 0.524. The molecule has 1 saturated heterocycles. The van der Waals surface area contributed by atoms with Gasteiger partial charge in [0.25, 0.3) is 11.8 Å². The van der Waals surface area contributed by atoms with Gasteiger partial charge in [-0.1, -0.05) is 43.6 Å². The number of ether oxygens (including phenoxy) is 3. The van der Waals surface area contributed by atoms with E-state index in [2.05, 4.69) is 31.3 Å². The second kappa shape index (κ2) is 12.0. The molecule has 0 unspecified atom stereocenters. The SMILES string of the molecule is COc1cc(/C=C2/C(=O)NC(=O)N(c3ccc(Cl)cc3)C2=O)ccc1OCCOc1cc(C)ccc1C(C)C. The number of methoxy groups -OCH3 is 1. The highest BCUT2D eigenvalue weighted by atomic mass is 35.5. The number of nitrogens with zero attached hydrogens (tertiary/aromatic N) is 1. The van der Waals surface area contributed by atoms with Crippen LogP contribution in [0.3, 0.4) is 0 Å². The number of carbonyl (C=O) groups excluding carboxylic acids is 3. The molecule has 4 amide bonds. The normalized spacial score (nSPS) is 14.6. The van der Waals surface area contributed by atoms with Gasteiger partial charge in [0.15, 0.2) is 11.5 Å². The number of anilines is 1. The molecule has 9 heteroatoms. The average Bonchev–Trinajstić information content (AvgIpc) is 2.90. The first kappa shape index (κ1) is 27.7. The van der Waals surface area contributed by atoms with Gasteiger partial charge in [0, 0.05) is 5.02 Å². The molecule has 8 nitrogen and oxygen atoms in total. The Labute approximate surface area is 232 Å². The van der Waals surface area contributed by atoms with Gasteiger partial charge < -0.3 is 14.2 Å². The van der Waals surface area contributed by atoms with E-state index in [4.69, 9.17) is 25.8 Å². The number of carbonyl (C=O) groups is 3. The minimum atomic E-state index is -0.834. The molecule has 1 aliphatic heterocycles. The molecule has 0 saturated carbocycles. The summed E-state index contributed by atoms with van der Waals surface area (Å²) in [6, 6.07) is 16.5. The lowest BCUT2D eigenvalue weighted by Crippen LogP contribution is -2.54. The first-order valence-electron chi connectivity index (χ1n) is 12.4. The fourth-order valence-electron chi connectivity index (χ4n) is 4.09. The van der Waals surface area contributed by atoms with Crippen LogP contribution in [0.25, 0.3) is 6.08 Å². The van der Waals surface area contributed by atoms with E-state index < -0.39 is 17.8 Å². The molecule has 1 fully saturated rings. The lowest BCUT2D eigenvalue weighted by molar-refractivity contribution is -0.122. The van der Waals surface area contributed by atoms with Crippen LogP contribution in [0.1, 0.15) is 36.5 Å². The molecule has 3 aromatic rings. The van der Waals surface area contributed by atoms with Crippen LogP contribution in [0.5, 0.6) is 17.2 Å². The van der Waals surface area contributed by atoms with Crippen molar-refractivity contribution in [3.8, 4) is 17.2 Å². The van der Waals surface area contributed by atoms with Crippen molar-refractivity contribution in [2.24, 2.45) is 0 Å². The molecular formula is C30H29ClN2O6. The van der Waals surface area contributed by atoms with Crippen LogP contribution in [0.2, 0.25) is 5.02 Å². The van der Waals surface area contributed by atoms with Crippen LogP contribution in [-0.2, 0) is 9.59 Å². The van der Waals surface area contributed by atoms with E-state index in [1.807, 2.05) is 13.0 Å². The zero-order valence-electron chi connectivity index (χ0n) is 22.1. The maximum atomic E-state index is 13.1. The summed E-state index contributed by atoms with van der Waals surface area (Å²) in [6.07, 6.45) is 1.40. The lowest BCUT2D eigenvalue weighted by Gasteiger charge is -2.26. The van der Waals surface area contributed by atoms with Crippen LogP contribution >= 0.6 is 11.6 Å². The molecule has 0 aliphatic carbocycles. The Morgan fingerprint density at radius 3 is 2.26 bits per heavy atom. The number of nitrogens with one attached hydrogen (secondary N) is 1. The van der Waals surface area contributed by atoms with E-state index in [1.165, 1.54) is 25.3 Å². The van der Waals surface area contributed by atoms with Crippen LogP contribution in [0, 0.1) is 6.92 Å². The number of hydrogen-bond acceptors (Lipinski definition) is 6. The monoisotopic (exact) mass is 548 g/mol. The van der Waals surface area contributed by atoms with Gasteiger partial charge in [-0.05, 0) is 78.1 Å². The summed E-state index contributed by atoms with van der Waals surface area (Å²) in [5.41, 5.74) is 2.85. The highest BCUT2D eigenvalue weighted by Crippen LogP contribution is 2.31. The molecule has 0 aromatic heterocycles. The molecule has 4 rings (SSSR count). The first-order valence-corrected chi connectivity index (χ1v) is 12.8. The van der Waals surface area contributed by atoms with E-state index >= 15 is 0 Å². The number of barbiturate groups is 1. The van der Waals surface area contributed by atoms with Crippen LogP contribution in [0.4, 0.5) is 10.5 Å². The van der Waals surface area contributed by atoms with Crippen molar-refractivity contribution in [1.29, 1.82) is 0 Å². The molecule has 1 aliphatic rings. The van der Waals surface area contributed by atoms with Crippen LogP contribution < -0.4 is 24.4 Å². The zero-order valence-corrected chi connectivity index (χ0v) is 22.9. The number of halogens is 1. The number of urea groups is 1. The van der Waals surface area contributed by atoms with Crippen molar-refractivity contribution in [3.63, 3.8) is 0 Å². The predicted octanol–water partition coefficient (Wildman–Crippen LogP) is 5.90. The first-order chi connectivity index (χ1) is 18.7. The highest BCUT2D eigenvalue weighted by molar-refractivity contribution is 6.39. The summed E-state index contributed by atoms with van der Waals surface area (Å²) >= 11 is 5.92. The Balaban J connectivity index is 1.47. The van der Waals surface area contributed by atoms with Gasteiger partial charge in [0.2, 0.25) is 0 Å². The largest absolute Gasteiger partial charge is 0.493 e. The van der Waals surface area contributed by atoms with Gasteiger partial charge in [-0.15, -0.1) is 0 Å². The van der Waals surface area contributed by atoms with E-state index in [1.54, 1.807) is 30.3 Å². The summed E-state index contributed by atoms with van der Waals surface area (Å²) in [7, 11) is 1.50. The number of rotatable bonds is 9. The summed E-state index contributed by atoms with van der Waals surface area (Å²) in [5, 5.41) is 2.65. The Morgan fingerprint density at radius 2 is 1.59 bits per heavy atom. The van der Waals surface area contributed by atoms with E-state index in [0.29, 0.717) is 34.6 Å². The van der Waals surface area contributed by atoms with E-state index in [9.17, 15) is 14.4 Å². The Kier molecular flexibility index (Phi) is 8.56. The second-order valence-corrected chi connectivity index (χ2v) is 9.67. The van der Waals surface area contributed by atoms with Crippen molar-refractivity contribution in [2.45, 2.75) is 26.7 Å². The molecule has 1 heterocycles. The molecule has 202 valence electrons. The molecule has 0 atom stereocenters. The topological polar surface area (TPSA) is 94.2 Å². The van der Waals surface area contributed by atoms with Gasteiger partial charge in [-0.25, -0.2) is 9.69 Å². The maximum absolute atomic E-state index is 13.1. The van der Waals surface area contributed by atoms with Crippen molar-refractivity contribution >= 4 is 41.2 Å². The minimum Gasteiger partial charge on any atom is -0.493 e. The van der Waals surface area contributed by atoms with Gasteiger partial charge in [-0.2, -0.15) is 0 Å². The van der Waals surface area contributed by atoms with E-state index in [0.717, 1.165) is 21.8 Å². The fraction of sp³-hybridized carbons (Fsp3) is 0.233. The van der Waals surface area contributed by atoms with Gasteiger partial charge in [0.1, 0.15) is 24.5 Å². The van der Waals surface area contributed by atoms with Gasteiger partial charge >= 0.3 is 6.03 Å². The summed E-state index contributed by atoms with van der Waals surface area (Å²) < 4.78 is 17.3. The number of benzene rings is 3. The number of imide groups is 2. The Hall–Kier alpha value is -4.30. The standard InChI is InChI=1S/C30H29ClN2O6/c1-18(2)23-11-5-19(3)15-26(23)39-14-13-38-25-12-6-20(17-27(25)37-4)16-24-28(34)32-30(36)33(29(24)35)22-9-7-21(31)8-10-22/h5-12,15-18H,13-14H2,1-4H3,(H,32,34,36)/b24-16-. The van der Waals surface area contributed by atoms with Crippen molar-refractivity contribution in [3.05, 3.63) is 87.9 Å². The number of aryl methyl sites for hydroxylation is 1. The van der Waals surface area contributed by atoms with Crippen molar-refractivity contribution < 1.29 is 28.6 Å². The predicted molar refractivity (Wildman–Crippen MR) is 150 cm³/mol.